The Kier molecular flexibility index (Phi) is 4.02. The molecular formula is C12H15ClN2O2. The topological polar surface area (TPSA) is 68.3 Å². The minimum absolute atomic E-state index is 0.103. The third kappa shape index (κ3) is 2.61. The molecule has 0 amide bonds. The molecule has 0 fully saturated rings. The van der Waals surface area contributed by atoms with Crippen LogP contribution in [0.25, 0.3) is 10.9 Å². The summed E-state index contributed by atoms with van der Waals surface area (Å²) < 4.78 is 0. The number of hydrogen-bond acceptors (Lipinski definition) is 3. The van der Waals surface area contributed by atoms with Crippen LogP contribution < -0.4 is 5.32 Å². The summed E-state index contributed by atoms with van der Waals surface area (Å²) in [4.78, 5) is 3.21. The first-order valence-electron chi connectivity index (χ1n) is 5.46. The number of fused-ring (bicyclic) bond motifs is 1. The molecule has 0 unspecified atom stereocenters. The number of benzene rings is 1. The molecular weight excluding hydrogens is 240 g/mol. The lowest BCUT2D eigenvalue weighted by Crippen LogP contribution is -2.35. The summed E-state index contributed by atoms with van der Waals surface area (Å²) in [5, 5.41) is 22.6. The summed E-state index contributed by atoms with van der Waals surface area (Å²) in [6, 6.07) is 7.46. The fourth-order valence-electron chi connectivity index (χ4n) is 1.72. The number of aromatic amines is 1. The quantitative estimate of drug-likeness (QED) is 0.650. The number of rotatable bonds is 5. The maximum Gasteiger partial charge on any atom is 0.0705 e. The fraction of sp³-hybridized carbons (Fsp3) is 0.333. The Balaban J connectivity index is 2.16. The summed E-state index contributed by atoms with van der Waals surface area (Å²) in [7, 11) is 0. The van der Waals surface area contributed by atoms with E-state index in [1.807, 2.05) is 24.3 Å². The van der Waals surface area contributed by atoms with Crippen molar-refractivity contribution in [2.75, 3.05) is 13.2 Å². The summed E-state index contributed by atoms with van der Waals surface area (Å²) >= 11 is 6.23. The third-order valence-electron chi connectivity index (χ3n) is 2.72. The molecule has 0 atom stereocenters. The zero-order valence-electron chi connectivity index (χ0n) is 9.28. The van der Waals surface area contributed by atoms with Crippen molar-refractivity contribution in [2.24, 2.45) is 0 Å². The Morgan fingerprint density at radius 2 is 1.94 bits per heavy atom. The van der Waals surface area contributed by atoms with Crippen LogP contribution in [-0.2, 0) is 6.54 Å². The van der Waals surface area contributed by atoms with Gasteiger partial charge in [0.2, 0.25) is 0 Å². The van der Waals surface area contributed by atoms with E-state index in [-0.39, 0.29) is 19.3 Å². The summed E-state index contributed by atoms with van der Waals surface area (Å²) in [5.74, 6) is 0. The van der Waals surface area contributed by atoms with E-state index < -0.39 is 0 Å². The molecule has 0 saturated heterocycles. The number of aliphatic hydroxyl groups excluding tert-OH is 2. The van der Waals surface area contributed by atoms with Gasteiger partial charge in [-0.2, -0.15) is 0 Å². The van der Waals surface area contributed by atoms with Gasteiger partial charge in [-0.1, -0.05) is 29.8 Å². The van der Waals surface area contributed by atoms with Gasteiger partial charge in [0.15, 0.2) is 0 Å². The predicted molar refractivity (Wildman–Crippen MR) is 68.1 cm³/mol. The maximum atomic E-state index is 8.95. The molecule has 1 aromatic heterocycles. The molecule has 5 heteroatoms. The van der Waals surface area contributed by atoms with Gasteiger partial charge in [0.25, 0.3) is 0 Å². The lowest BCUT2D eigenvalue weighted by Gasteiger charge is -2.12. The van der Waals surface area contributed by atoms with Gasteiger partial charge >= 0.3 is 0 Å². The first-order valence-corrected chi connectivity index (χ1v) is 5.84. The van der Waals surface area contributed by atoms with E-state index in [4.69, 9.17) is 21.8 Å². The van der Waals surface area contributed by atoms with Crippen LogP contribution in [-0.4, -0.2) is 34.5 Å². The number of para-hydroxylation sites is 1. The highest BCUT2D eigenvalue weighted by atomic mass is 35.5. The molecule has 2 rings (SSSR count). The second-order valence-electron chi connectivity index (χ2n) is 3.91. The number of H-pyrrole nitrogens is 1. The van der Waals surface area contributed by atoms with Crippen LogP contribution in [0.4, 0.5) is 0 Å². The number of aromatic nitrogens is 1. The second-order valence-corrected chi connectivity index (χ2v) is 4.28. The average molecular weight is 255 g/mol. The zero-order chi connectivity index (χ0) is 12.3. The number of hydrogen-bond donors (Lipinski definition) is 4. The van der Waals surface area contributed by atoms with Crippen LogP contribution >= 0.6 is 11.6 Å². The SMILES string of the molecule is OCC(CO)NCc1[nH]c2ccccc2c1Cl. The van der Waals surface area contributed by atoms with Crippen molar-refractivity contribution in [1.82, 2.24) is 10.3 Å². The van der Waals surface area contributed by atoms with Gasteiger partial charge in [0.1, 0.15) is 0 Å². The molecule has 2 aromatic rings. The Morgan fingerprint density at radius 3 is 2.59 bits per heavy atom. The van der Waals surface area contributed by atoms with Crippen LogP contribution in [0.3, 0.4) is 0 Å². The third-order valence-corrected chi connectivity index (χ3v) is 3.15. The van der Waals surface area contributed by atoms with Crippen LogP contribution in [0.2, 0.25) is 5.02 Å². The Morgan fingerprint density at radius 1 is 1.24 bits per heavy atom. The highest BCUT2D eigenvalue weighted by Gasteiger charge is 2.10. The first-order chi connectivity index (χ1) is 8.26. The van der Waals surface area contributed by atoms with Gasteiger partial charge in [-0.15, -0.1) is 0 Å². The molecule has 0 aliphatic rings. The van der Waals surface area contributed by atoms with Crippen molar-refractivity contribution in [3.8, 4) is 0 Å². The van der Waals surface area contributed by atoms with Gasteiger partial charge in [0, 0.05) is 23.1 Å². The molecule has 0 aliphatic carbocycles. The largest absolute Gasteiger partial charge is 0.395 e. The minimum Gasteiger partial charge on any atom is -0.395 e. The fourth-order valence-corrected chi connectivity index (χ4v) is 2.00. The maximum absolute atomic E-state index is 8.95. The van der Waals surface area contributed by atoms with Crippen molar-refractivity contribution >= 4 is 22.5 Å². The lowest BCUT2D eigenvalue weighted by atomic mass is 10.2. The molecule has 0 spiro atoms. The highest BCUT2D eigenvalue weighted by molar-refractivity contribution is 6.36. The van der Waals surface area contributed by atoms with Gasteiger partial charge in [0.05, 0.1) is 24.3 Å². The number of aliphatic hydroxyl groups is 2. The number of nitrogens with one attached hydrogen (secondary N) is 2. The van der Waals surface area contributed by atoms with E-state index in [0.29, 0.717) is 11.6 Å². The van der Waals surface area contributed by atoms with Crippen molar-refractivity contribution in [1.29, 1.82) is 0 Å². The highest BCUT2D eigenvalue weighted by Crippen LogP contribution is 2.26. The lowest BCUT2D eigenvalue weighted by molar-refractivity contribution is 0.170. The molecule has 4 nitrogen and oxygen atoms in total. The first kappa shape index (κ1) is 12.4. The van der Waals surface area contributed by atoms with E-state index in [9.17, 15) is 0 Å². The molecule has 4 N–H and O–H groups in total. The van der Waals surface area contributed by atoms with E-state index >= 15 is 0 Å². The standard InChI is InChI=1S/C12H15ClN2O2/c13-12-9-3-1-2-4-10(9)15-11(12)5-14-8(6-16)7-17/h1-4,8,14-17H,5-7H2. The summed E-state index contributed by atoms with van der Waals surface area (Å²) in [5.41, 5.74) is 1.85. The number of halogens is 1. The van der Waals surface area contributed by atoms with Crippen molar-refractivity contribution in [3.05, 3.63) is 35.0 Å². The molecule has 0 bridgehead atoms. The summed E-state index contributed by atoms with van der Waals surface area (Å²) in [6.07, 6.45) is 0. The molecule has 92 valence electrons. The van der Waals surface area contributed by atoms with Crippen molar-refractivity contribution in [3.63, 3.8) is 0 Å². The molecule has 0 saturated carbocycles. The molecule has 0 radical (unpaired) electrons. The van der Waals surface area contributed by atoms with Gasteiger partial charge in [-0.05, 0) is 6.07 Å². The van der Waals surface area contributed by atoms with Gasteiger partial charge < -0.3 is 20.5 Å². The molecule has 1 aromatic carbocycles. The van der Waals surface area contributed by atoms with Gasteiger partial charge in [-0.25, -0.2) is 0 Å². The monoisotopic (exact) mass is 254 g/mol. The summed E-state index contributed by atoms with van der Waals surface area (Å²) in [6.45, 7) is 0.280. The van der Waals surface area contributed by atoms with Crippen molar-refractivity contribution in [2.45, 2.75) is 12.6 Å². The Labute approximate surface area is 104 Å². The zero-order valence-corrected chi connectivity index (χ0v) is 10.0. The van der Waals surface area contributed by atoms with Crippen LogP contribution in [0, 0.1) is 0 Å². The molecule has 0 aliphatic heterocycles. The average Bonchev–Trinajstić information content (AvgIpc) is 2.68. The Bertz CT molecular complexity index is 494. The second kappa shape index (κ2) is 5.51. The van der Waals surface area contributed by atoms with E-state index in [1.165, 1.54) is 0 Å². The van der Waals surface area contributed by atoms with Crippen LogP contribution in [0.15, 0.2) is 24.3 Å². The van der Waals surface area contributed by atoms with E-state index in [0.717, 1.165) is 16.6 Å². The predicted octanol–water partition coefficient (Wildman–Crippen LogP) is 1.26. The van der Waals surface area contributed by atoms with Crippen LogP contribution in [0.5, 0.6) is 0 Å². The van der Waals surface area contributed by atoms with Crippen molar-refractivity contribution < 1.29 is 10.2 Å². The van der Waals surface area contributed by atoms with E-state index in [2.05, 4.69) is 10.3 Å². The normalized spacial score (nSPS) is 11.5. The molecule has 17 heavy (non-hydrogen) atoms. The van der Waals surface area contributed by atoms with Gasteiger partial charge in [-0.3, -0.25) is 0 Å². The van der Waals surface area contributed by atoms with E-state index in [1.54, 1.807) is 0 Å². The molecule has 1 heterocycles. The minimum atomic E-state index is -0.322. The smallest absolute Gasteiger partial charge is 0.0705 e. The Hall–Kier alpha value is -1.07. The van der Waals surface area contributed by atoms with Crippen LogP contribution in [0.1, 0.15) is 5.69 Å².